The monoisotopic (exact) mass is 648 g/mol. The summed E-state index contributed by atoms with van der Waals surface area (Å²) in [7, 11) is 0. The van der Waals surface area contributed by atoms with Crippen molar-refractivity contribution >= 4 is 18.4 Å². The molecule has 216 valence electrons. The number of benzene rings is 3. The van der Waals surface area contributed by atoms with Gasteiger partial charge in [0.2, 0.25) is 0 Å². The minimum absolute atomic E-state index is 0.263. The molecule has 0 saturated carbocycles. The van der Waals surface area contributed by atoms with E-state index in [1.165, 1.54) is 56.3 Å². The van der Waals surface area contributed by atoms with Gasteiger partial charge in [0.25, 0.3) is 0 Å². The van der Waals surface area contributed by atoms with Gasteiger partial charge in [-0.05, 0) is 0 Å². The van der Waals surface area contributed by atoms with Crippen LogP contribution in [0.2, 0.25) is 17.7 Å². The maximum atomic E-state index is 11.1. The molecule has 40 heavy (non-hydrogen) atoms. The van der Waals surface area contributed by atoms with Crippen LogP contribution in [-0.2, 0) is 10.3 Å². The van der Waals surface area contributed by atoms with E-state index in [9.17, 15) is 5.11 Å². The molecule has 0 spiro atoms. The molecule has 1 N–H and O–H groups in total. The van der Waals surface area contributed by atoms with Gasteiger partial charge in [-0.15, -0.1) is 0 Å². The van der Waals surface area contributed by atoms with Gasteiger partial charge in [-0.1, -0.05) is 0 Å². The van der Waals surface area contributed by atoms with Crippen molar-refractivity contribution in [2.45, 2.75) is 95.2 Å². The number of unbranched alkanes of at least 4 members (excludes halogenated alkanes) is 3. The Balaban J connectivity index is 1.77. The fourth-order valence-corrected chi connectivity index (χ4v) is 21.2. The summed E-state index contributed by atoms with van der Waals surface area (Å²) >= 11 is -2.19. The summed E-state index contributed by atoms with van der Waals surface area (Å²) in [4.78, 5) is 0. The number of aliphatic hydroxyl groups excluding tert-OH is 1. The summed E-state index contributed by atoms with van der Waals surface area (Å²) in [5.41, 5.74) is 2.41. The van der Waals surface area contributed by atoms with Crippen molar-refractivity contribution in [3.63, 3.8) is 0 Å². The first-order valence-corrected chi connectivity index (χ1v) is 23.8. The number of aliphatic hydroxyl groups is 1. The second-order valence-electron chi connectivity index (χ2n) is 11.5. The third-order valence-corrected chi connectivity index (χ3v) is 23.6. The van der Waals surface area contributed by atoms with E-state index >= 15 is 0 Å². The number of allylic oxidation sites excluding steroid dienone is 1. The number of ether oxygens (including phenoxy) is 1. The first-order valence-electron chi connectivity index (χ1n) is 15.7. The van der Waals surface area contributed by atoms with E-state index in [0.717, 1.165) is 16.7 Å². The van der Waals surface area contributed by atoms with Gasteiger partial charge >= 0.3 is 250 Å². The molecular weight excluding hydrogens is 595 g/mol. The predicted molar refractivity (Wildman–Crippen MR) is 175 cm³/mol. The van der Waals surface area contributed by atoms with Gasteiger partial charge in [0.15, 0.2) is 0 Å². The fourth-order valence-electron chi connectivity index (χ4n) is 5.98. The zero-order valence-electron chi connectivity index (χ0n) is 25.2. The van der Waals surface area contributed by atoms with Crippen molar-refractivity contribution in [3.8, 4) is 0 Å². The van der Waals surface area contributed by atoms with Gasteiger partial charge in [-0.3, -0.25) is 0 Å². The average molecular weight is 648 g/mol. The van der Waals surface area contributed by atoms with Gasteiger partial charge in [0, 0.05) is 0 Å². The van der Waals surface area contributed by atoms with E-state index < -0.39 is 30.1 Å². The van der Waals surface area contributed by atoms with Crippen LogP contribution in [0.15, 0.2) is 103 Å². The summed E-state index contributed by atoms with van der Waals surface area (Å²) in [5.74, 6) is 0. The second kappa shape index (κ2) is 17.8. The molecule has 0 aliphatic rings. The van der Waals surface area contributed by atoms with Crippen LogP contribution in [0.4, 0.5) is 0 Å². The minimum atomic E-state index is -2.19. The molecule has 0 aliphatic heterocycles. The molecule has 0 aliphatic carbocycles. The Kier molecular flexibility index (Phi) is 14.5. The van der Waals surface area contributed by atoms with Gasteiger partial charge in [0.05, 0.1) is 0 Å². The number of hydrogen-bond donors (Lipinski definition) is 1. The van der Waals surface area contributed by atoms with Crippen molar-refractivity contribution in [3.05, 3.63) is 120 Å². The van der Waals surface area contributed by atoms with Crippen molar-refractivity contribution < 1.29 is 9.84 Å². The van der Waals surface area contributed by atoms with Crippen LogP contribution in [-0.4, -0.2) is 36.2 Å². The molecule has 0 fully saturated rings. The zero-order valence-corrected chi connectivity index (χ0v) is 28.1. The van der Waals surface area contributed by atoms with Crippen molar-refractivity contribution in [1.29, 1.82) is 0 Å². The molecule has 1 atom stereocenters. The summed E-state index contributed by atoms with van der Waals surface area (Å²) in [6, 6.07) is 31.2. The van der Waals surface area contributed by atoms with Gasteiger partial charge in [-0.25, -0.2) is 0 Å². The standard InChI is InChI=1S/C25H25O2.3C4H9.Sn/c1-2-3-19-24(26)20-27-25(21-13-7-4-8-14-21,22-15-9-5-10-16-22)23-17-11-6-12-18-23;3*1-3-4-2;/h2-18,24,26H,1,19-20H2;3*1,3-4H2,2H3;/b3-2+;;;;/t24-;;;;/m1..../s1. The van der Waals surface area contributed by atoms with Crippen LogP contribution >= 0.6 is 0 Å². The van der Waals surface area contributed by atoms with E-state index in [1.807, 2.05) is 18.2 Å². The molecule has 3 aromatic rings. The Labute approximate surface area is 248 Å². The first-order chi connectivity index (χ1) is 19.6. The van der Waals surface area contributed by atoms with Crippen molar-refractivity contribution in [2.75, 3.05) is 6.61 Å². The van der Waals surface area contributed by atoms with E-state index in [-0.39, 0.29) is 6.61 Å². The average Bonchev–Trinajstić information content (AvgIpc) is 3.01. The molecule has 3 aromatic carbocycles. The molecule has 0 unspecified atom stereocenters. The van der Waals surface area contributed by atoms with Crippen molar-refractivity contribution in [2.24, 2.45) is 0 Å². The van der Waals surface area contributed by atoms with Gasteiger partial charge in [0.1, 0.15) is 0 Å². The van der Waals surface area contributed by atoms with Crippen LogP contribution in [0.5, 0.6) is 0 Å². The van der Waals surface area contributed by atoms with Crippen LogP contribution < -0.4 is 0 Å². The Hall–Kier alpha value is -1.88. The predicted octanol–water partition coefficient (Wildman–Crippen LogP) is 10.2. The summed E-state index contributed by atoms with van der Waals surface area (Å²) in [6.07, 6.45) is 12.9. The molecule has 3 heteroatoms. The first kappa shape index (κ1) is 32.6. The summed E-state index contributed by atoms with van der Waals surface area (Å²) in [5, 5.41) is 11.1. The van der Waals surface area contributed by atoms with E-state index in [2.05, 4.69) is 106 Å². The van der Waals surface area contributed by atoms with Crippen LogP contribution in [0.1, 0.15) is 82.4 Å². The van der Waals surface area contributed by atoms with Gasteiger partial charge in [-0.2, -0.15) is 0 Å². The number of rotatable bonds is 19. The quantitative estimate of drug-likeness (QED) is 0.0798. The molecule has 0 amide bonds. The maximum absolute atomic E-state index is 11.1. The van der Waals surface area contributed by atoms with Crippen LogP contribution in [0.3, 0.4) is 0 Å². The normalized spacial score (nSPS) is 13.1. The molecule has 2 nitrogen and oxygen atoms in total. The van der Waals surface area contributed by atoms with Crippen LogP contribution in [0, 0.1) is 0 Å². The van der Waals surface area contributed by atoms with Gasteiger partial charge < -0.3 is 0 Å². The van der Waals surface area contributed by atoms with Crippen LogP contribution in [0.25, 0.3) is 0 Å². The van der Waals surface area contributed by atoms with E-state index in [1.54, 1.807) is 0 Å². The zero-order chi connectivity index (χ0) is 28.5. The molecule has 0 saturated heterocycles. The van der Waals surface area contributed by atoms with E-state index in [0.29, 0.717) is 6.42 Å². The third-order valence-electron chi connectivity index (χ3n) is 8.34. The Morgan fingerprint density at radius 1 is 0.650 bits per heavy atom. The third kappa shape index (κ3) is 9.32. The summed E-state index contributed by atoms with van der Waals surface area (Å²) in [6.45, 7) is 7.27. The Bertz CT molecular complexity index is 962. The molecule has 3 rings (SSSR count). The topological polar surface area (TPSA) is 29.5 Å². The number of hydrogen-bond acceptors (Lipinski definition) is 2. The Morgan fingerprint density at radius 2 is 1.05 bits per heavy atom. The molecule has 0 bridgehead atoms. The SMILES string of the molecule is CCC[CH2][Sn]([CH2]/C=C/C[C@@H](O)COC(c1ccccc1)(c1ccccc1)c1ccccc1)([CH2]CCC)[CH2]CCC. The molecule has 0 radical (unpaired) electrons. The molecule has 0 heterocycles. The summed E-state index contributed by atoms with van der Waals surface area (Å²) < 4.78 is 12.7. The fraction of sp³-hybridized carbons (Fsp3) is 0.459. The van der Waals surface area contributed by atoms with Crippen molar-refractivity contribution in [1.82, 2.24) is 0 Å². The molecule has 0 aromatic heterocycles. The molecular formula is C37H52O2Sn. The van der Waals surface area contributed by atoms with E-state index in [4.69, 9.17) is 4.74 Å². The Morgan fingerprint density at radius 3 is 1.43 bits per heavy atom. The second-order valence-corrected chi connectivity index (χ2v) is 25.5.